The largest absolute Gasteiger partial charge is 0.448 e. The van der Waals surface area contributed by atoms with E-state index in [1.807, 2.05) is 0 Å². The fourth-order valence-corrected chi connectivity index (χ4v) is 1.42. The molecule has 0 heterocycles. The fraction of sp³-hybridized carbons (Fsp3) is 0.333. The summed E-state index contributed by atoms with van der Waals surface area (Å²) in [6.07, 6.45) is 0. The van der Waals surface area contributed by atoms with Crippen molar-refractivity contribution in [2.24, 2.45) is 0 Å². The van der Waals surface area contributed by atoms with Crippen molar-refractivity contribution >= 4 is 15.9 Å². The number of rotatable bonds is 2. The predicted octanol–water partition coefficient (Wildman–Crippen LogP) is 3.78. The first-order valence-electron chi connectivity index (χ1n) is 4.11. The quantitative estimate of drug-likeness (QED) is 0.756. The fourth-order valence-electron chi connectivity index (χ4n) is 1.16. The summed E-state index contributed by atoms with van der Waals surface area (Å²) in [4.78, 5) is 0. The molecule has 0 bridgehead atoms. The zero-order valence-corrected chi connectivity index (χ0v) is 9.07. The van der Waals surface area contributed by atoms with Crippen LogP contribution in [0.25, 0.3) is 0 Å². The summed E-state index contributed by atoms with van der Waals surface area (Å²) in [5, 5.41) is 0. The first-order valence-corrected chi connectivity index (χ1v) is 4.91. The minimum Gasteiger partial charge on any atom is -0.448 e. The molecule has 1 nitrogen and oxygen atoms in total. The Kier molecular flexibility index (Phi) is 2.24. The van der Waals surface area contributed by atoms with Crippen LogP contribution < -0.4 is 4.74 Å². The topological polar surface area (TPSA) is 9.23 Å². The van der Waals surface area contributed by atoms with Crippen molar-refractivity contribution in [2.45, 2.75) is 17.7 Å². The Labute approximate surface area is 95.3 Å². The van der Waals surface area contributed by atoms with Crippen molar-refractivity contribution in [1.82, 2.24) is 0 Å². The third-order valence-corrected chi connectivity index (χ3v) is 2.74. The van der Waals surface area contributed by atoms with E-state index in [1.54, 1.807) is 0 Å². The monoisotopic (exact) mass is 302 g/mol. The molecule has 0 atom stereocenters. The molecule has 0 radical (unpaired) electrons. The van der Waals surface area contributed by atoms with E-state index >= 15 is 0 Å². The first kappa shape index (κ1) is 11.6. The standard InChI is InChI=1S/C9H4BrF5O/c10-5-1-3-6(4-2-5)16-9(15)7(11,12)8(9,13)14/h1-4H. The molecule has 1 aromatic carbocycles. The third kappa shape index (κ3) is 1.27. The van der Waals surface area contributed by atoms with Crippen molar-refractivity contribution in [3.8, 4) is 5.75 Å². The summed E-state index contributed by atoms with van der Waals surface area (Å²) in [6, 6.07) is 4.93. The maximum Gasteiger partial charge on any atom is 0.392 e. The van der Waals surface area contributed by atoms with Crippen LogP contribution in [0, 0.1) is 0 Å². The molecule has 88 valence electrons. The van der Waals surface area contributed by atoms with Crippen LogP contribution in [0.5, 0.6) is 5.75 Å². The summed E-state index contributed by atoms with van der Waals surface area (Å²) in [6.45, 7) is 0. The van der Waals surface area contributed by atoms with Gasteiger partial charge in [-0.2, -0.15) is 22.0 Å². The van der Waals surface area contributed by atoms with E-state index in [2.05, 4.69) is 20.7 Å². The van der Waals surface area contributed by atoms with Gasteiger partial charge in [-0.15, -0.1) is 0 Å². The molecule has 0 unspecified atom stereocenters. The number of benzene rings is 1. The third-order valence-electron chi connectivity index (χ3n) is 2.21. The zero-order chi connectivity index (χ0) is 12.2. The van der Waals surface area contributed by atoms with Crippen molar-refractivity contribution in [3.63, 3.8) is 0 Å². The Bertz CT molecular complexity index is 402. The molecule has 0 saturated heterocycles. The van der Waals surface area contributed by atoms with Crippen LogP contribution in [-0.4, -0.2) is 17.7 Å². The molecule has 0 amide bonds. The molecule has 2 rings (SSSR count). The van der Waals surface area contributed by atoms with Gasteiger partial charge in [0.2, 0.25) is 0 Å². The summed E-state index contributed by atoms with van der Waals surface area (Å²) in [5.74, 6) is -14.2. The number of hydrogen-bond acceptors (Lipinski definition) is 1. The molecule has 1 aliphatic carbocycles. The minimum absolute atomic E-state index is 0.387. The SMILES string of the molecule is FC1(F)C(F)(F)C1(F)Oc1ccc(Br)cc1. The van der Waals surface area contributed by atoms with Crippen LogP contribution in [-0.2, 0) is 0 Å². The molecule has 1 aromatic rings. The Morgan fingerprint density at radius 2 is 1.31 bits per heavy atom. The lowest BCUT2D eigenvalue weighted by Gasteiger charge is -2.09. The van der Waals surface area contributed by atoms with E-state index in [9.17, 15) is 22.0 Å². The molecule has 7 heteroatoms. The molecular formula is C9H4BrF5O. The van der Waals surface area contributed by atoms with E-state index in [0.29, 0.717) is 4.47 Å². The smallest absolute Gasteiger partial charge is 0.392 e. The Morgan fingerprint density at radius 3 is 1.69 bits per heavy atom. The van der Waals surface area contributed by atoms with Gasteiger partial charge in [0.1, 0.15) is 5.75 Å². The van der Waals surface area contributed by atoms with E-state index in [-0.39, 0.29) is 5.75 Å². The van der Waals surface area contributed by atoms with E-state index in [1.165, 1.54) is 12.1 Å². The van der Waals surface area contributed by atoms with Crippen molar-refractivity contribution in [3.05, 3.63) is 28.7 Å². The maximum absolute atomic E-state index is 13.1. The van der Waals surface area contributed by atoms with Crippen molar-refractivity contribution in [1.29, 1.82) is 0 Å². The second-order valence-electron chi connectivity index (χ2n) is 3.30. The van der Waals surface area contributed by atoms with Crippen LogP contribution in [0.4, 0.5) is 22.0 Å². The molecule has 0 aromatic heterocycles. The van der Waals surface area contributed by atoms with Crippen LogP contribution in [0.1, 0.15) is 0 Å². The lowest BCUT2D eigenvalue weighted by Crippen LogP contribution is -2.22. The zero-order valence-electron chi connectivity index (χ0n) is 7.49. The van der Waals surface area contributed by atoms with Gasteiger partial charge in [-0.05, 0) is 24.3 Å². The van der Waals surface area contributed by atoms with Crippen LogP contribution >= 0.6 is 15.9 Å². The van der Waals surface area contributed by atoms with Gasteiger partial charge in [-0.3, -0.25) is 0 Å². The normalized spacial score (nSPS) is 23.9. The van der Waals surface area contributed by atoms with Crippen molar-refractivity contribution < 1.29 is 26.7 Å². The lowest BCUT2D eigenvalue weighted by molar-refractivity contribution is -0.0775. The first-order chi connectivity index (χ1) is 7.22. The molecule has 1 saturated carbocycles. The van der Waals surface area contributed by atoms with E-state index < -0.39 is 17.7 Å². The van der Waals surface area contributed by atoms with Gasteiger partial charge in [0.15, 0.2) is 0 Å². The van der Waals surface area contributed by atoms with Gasteiger partial charge < -0.3 is 4.74 Å². The lowest BCUT2D eigenvalue weighted by atomic mass is 10.3. The number of alkyl halides is 5. The Balaban J connectivity index is 2.21. The molecule has 1 fully saturated rings. The maximum atomic E-state index is 13.1. The summed E-state index contributed by atoms with van der Waals surface area (Å²) < 4.78 is 67.6. The minimum atomic E-state index is -4.78. The van der Waals surface area contributed by atoms with Crippen LogP contribution in [0.2, 0.25) is 0 Å². The Morgan fingerprint density at radius 1 is 0.875 bits per heavy atom. The molecule has 0 aliphatic heterocycles. The summed E-state index contributed by atoms with van der Waals surface area (Å²) >= 11 is 3.04. The molecule has 16 heavy (non-hydrogen) atoms. The second-order valence-corrected chi connectivity index (χ2v) is 4.22. The highest BCUT2D eigenvalue weighted by Gasteiger charge is 3.02. The highest BCUT2D eigenvalue weighted by molar-refractivity contribution is 9.10. The highest BCUT2D eigenvalue weighted by atomic mass is 79.9. The van der Waals surface area contributed by atoms with Gasteiger partial charge >= 0.3 is 17.7 Å². The second kappa shape index (κ2) is 3.09. The molecule has 0 spiro atoms. The summed E-state index contributed by atoms with van der Waals surface area (Å²) in [5.41, 5.74) is 0. The number of hydrogen-bond donors (Lipinski definition) is 0. The van der Waals surface area contributed by atoms with Crippen LogP contribution in [0.15, 0.2) is 28.7 Å². The summed E-state index contributed by atoms with van der Waals surface area (Å²) in [7, 11) is 0. The van der Waals surface area contributed by atoms with E-state index in [0.717, 1.165) is 12.1 Å². The average molecular weight is 303 g/mol. The number of halogens is 6. The van der Waals surface area contributed by atoms with E-state index in [4.69, 9.17) is 0 Å². The number of ether oxygens (including phenoxy) is 1. The average Bonchev–Trinajstić information content (AvgIpc) is 2.48. The molecular weight excluding hydrogens is 299 g/mol. The predicted molar refractivity (Wildman–Crippen MR) is 48.5 cm³/mol. The van der Waals surface area contributed by atoms with Crippen molar-refractivity contribution in [2.75, 3.05) is 0 Å². The Hall–Kier alpha value is -0.850. The van der Waals surface area contributed by atoms with Gasteiger partial charge in [-0.25, -0.2) is 0 Å². The highest BCUT2D eigenvalue weighted by Crippen LogP contribution is 2.68. The van der Waals surface area contributed by atoms with Gasteiger partial charge in [-0.1, -0.05) is 15.9 Å². The molecule has 0 N–H and O–H groups in total. The van der Waals surface area contributed by atoms with Crippen LogP contribution in [0.3, 0.4) is 0 Å². The van der Waals surface area contributed by atoms with Gasteiger partial charge in [0.05, 0.1) is 0 Å². The molecule has 1 aliphatic rings. The van der Waals surface area contributed by atoms with Gasteiger partial charge in [0.25, 0.3) is 0 Å². The van der Waals surface area contributed by atoms with Gasteiger partial charge in [0, 0.05) is 4.47 Å².